The Morgan fingerprint density at radius 3 is 2.95 bits per heavy atom. The number of likely N-dealkylation sites (tertiary alicyclic amines) is 1. The summed E-state index contributed by atoms with van der Waals surface area (Å²) in [7, 11) is 0. The number of nitrogens with one attached hydrogen (secondary N) is 1. The molecule has 1 aromatic rings. The number of morpholine rings is 1. The van der Waals surface area contributed by atoms with Crippen LogP contribution in [0.25, 0.3) is 0 Å². The Balaban J connectivity index is 1.53. The van der Waals surface area contributed by atoms with Gasteiger partial charge in [-0.15, -0.1) is 0 Å². The summed E-state index contributed by atoms with van der Waals surface area (Å²) in [5, 5.41) is 3.26. The number of ether oxygens (including phenoxy) is 1. The molecule has 2 heterocycles. The minimum atomic E-state index is -0.148. The maximum atomic E-state index is 12.5. The van der Waals surface area contributed by atoms with Crippen LogP contribution in [-0.2, 0) is 16.0 Å². The van der Waals surface area contributed by atoms with Crippen LogP contribution in [0.5, 0.6) is 0 Å². The molecule has 2 fully saturated rings. The van der Waals surface area contributed by atoms with E-state index in [2.05, 4.69) is 42.6 Å². The molecule has 3 rings (SSSR count). The van der Waals surface area contributed by atoms with Crippen molar-refractivity contribution in [3.8, 4) is 0 Å². The van der Waals surface area contributed by atoms with E-state index in [1.807, 2.05) is 4.90 Å². The van der Waals surface area contributed by atoms with Gasteiger partial charge in [0.2, 0.25) is 5.91 Å². The van der Waals surface area contributed by atoms with Crippen molar-refractivity contribution in [1.29, 1.82) is 0 Å². The van der Waals surface area contributed by atoms with E-state index < -0.39 is 0 Å². The number of carbonyl (C=O) groups excluding carboxylic acids is 1. The van der Waals surface area contributed by atoms with E-state index in [1.165, 1.54) is 5.56 Å². The fourth-order valence-corrected chi connectivity index (χ4v) is 3.45. The Bertz CT molecular complexity index is 499. The van der Waals surface area contributed by atoms with Crippen molar-refractivity contribution in [3.05, 3.63) is 35.9 Å². The largest absolute Gasteiger partial charge is 0.378 e. The van der Waals surface area contributed by atoms with E-state index in [1.54, 1.807) is 0 Å². The lowest BCUT2D eigenvalue weighted by Crippen LogP contribution is -2.52. The molecular formula is C18H26N2O2. The van der Waals surface area contributed by atoms with Gasteiger partial charge in [-0.05, 0) is 30.2 Å². The molecule has 1 N–H and O–H groups in total. The predicted octanol–water partition coefficient (Wildman–Crippen LogP) is 1.85. The second-order valence-electron chi connectivity index (χ2n) is 6.89. The van der Waals surface area contributed by atoms with Crippen LogP contribution in [-0.4, -0.2) is 49.7 Å². The molecule has 0 aliphatic carbocycles. The van der Waals surface area contributed by atoms with Gasteiger partial charge in [-0.1, -0.05) is 37.3 Å². The van der Waals surface area contributed by atoms with E-state index in [0.29, 0.717) is 13.2 Å². The highest BCUT2D eigenvalue weighted by atomic mass is 16.5. The average molecular weight is 302 g/mol. The molecule has 4 nitrogen and oxygen atoms in total. The Hall–Kier alpha value is -1.39. The van der Waals surface area contributed by atoms with Crippen molar-refractivity contribution in [2.45, 2.75) is 32.2 Å². The average Bonchev–Trinajstić information content (AvgIpc) is 2.97. The summed E-state index contributed by atoms with van der Waals surface area (Å²) < 4.78 is 5.41. The van der Waals surface area contributed by atoms with Crippen LogP contribution >= 0.6 is 0 Å². The lowest BCUT2D eigenvalue weighted by Gasteiger charge is -2.29. The number of nitrogens with zero attached hydrogens (tertiary/aromatic N) is 1. The van der Waals surface area contributed by atoms with Crippen LogP contribution in [0.1, 0.15) is 25.3 Å². The molecule has 1 amide bonds. The molecule has 0 aromatic heterocycles. The maximum absolute atomic E-state index is 12.5. The van der Waals surface area contributed by atoms with E-state index in [9.17, 15) is 4.79 Å². The van der Waals surface area contributed by atoms with E-state index >= 15 is 0 Å². The second kappa shape index (κ2) is 6.80. The van der Waals surface area contributed by atoms with Crippen molar-refractivity contribution >= 4 is 5.91 Å². The summed E-state index contributed by atoms with van der Waals surface area (Å²) in [6.07, 6.45) is 3.32. The highest BCUT2D eigenvalue weighted by molar-refractivity contribution is 5.82. The standard InChI is InChI=1S/C18H26N2O2/c1-18(8-7-15-5-3-2-4-6-15)9-11-20(14-18)17(21)16-13-22-12-10-19-16/h2-6,16,19H,7-14H2,1H3. The summed E-state index contributed by atoms with van der Waals surface area (Å²) in [5.41, 5.74) is 1.62. The summed E-state index contributed by atoms with van der Waals surface area (Å²) in [6.45, 7) is 6.05. The first-order chi connectivity index (χ1) is 10.7. The molecule has 1 aromatic carbocycles. The fourth-order valence-electron chi connectivity index (χ4n) is 3.45. The molecule has 0 radical (unpaired) electrons. The van der Waals surface area contributed by atoms with Crippen LogP contribution in [0, 0.1) is 5.41 Å². The summed E-state index contributed by atoms with van der Waals surface area (Å²) in [5.74, 6) is 0.211. The predicted molar refractivity (Wildman–Crippen MR) is 86.7 cm³/mol. The number of hydrogen-bond acceptors (Lipinski definition) is 3. The minimum Gasteiger partial charge on any atom is -0.378 e. The number of benzene rings is 1. The number of amides is 1. The lowest BCUT2D eigenvalue weighted by molar-refractivity contribution is -0.135. The maximum Gasteiger partial charge on any atom is 0.242 e. The molecule has 0 spiro atoms. The van der Waals surface area contributed by atoms with Crippen LogP contribution in [0.4, 0.5) is 0 Å². The van der Waals surface area contributed by atoms with Crippen LogP contribution in [0.2, 0.25) is 0 Å². The zero-order valence-corrected chi connectivity index (χ0v) is 13.4. The molecule has 2 saturated heterocycles. The van der Waals surface area contributed by atoms with Gasteiger partial charge in [0.25, 0.3) is 0 Å². The van der Waals surface area contributed by atoms with Gasteiger partial charge in [-0.2, -0.15) is 0 Å². The highest BCUT2D eigenvalue weighted by Crippen LogP contribution is 2.35. The molecular weight excluding hydrogens is 276 g/mol. The SMILES string of the molecule is CC1(CCc2ccccc2)CCN(C(=O)C2COCCN2)C1. The second-order valence-corrected chi connectivity index (χ2v) is 6.89. The smallest absolute Gasteiger partial charge is 0.242 e. The number of carbonyl (C=O) groups is 1. The monoisotopic (exact) mass is 302 g/mol. The van der Waals surface area contributed by atoms with Gasteiger partial charge in [-0.25, -0.2) is 0 Å². The Morgan fingerprint density at radius 1 is 1.41 bits per heavy atom. The van der Waals surface area contributed by atoms with E-state index in [4.69, 9.17) is 4.74 Å². The summed E-state index contributed by atoms with van der Waals surface area (Å²) >= 11 is 0. The fraction of sp³-hybridized carbons (Fsp3) is 0.611. The van der Waals surface area contributed by atoms with Crippen LogP contribution in [0.15, 0.2) is 30.3 Å². The first-order valence-electron chi connectivity index (χ1n) is 8.30. The summed E-state index contributed by atoms with van der Waals surface area (Å²) in [4.78, 5) is 14.6. The zero-order chi connectivity index (χ0) is 15.4. The quantitative estimate of drug-likeness (QED) is 0.923. The van der Waals surface area contributed by atoms with Crippen molar-refractivity contribution in [2.24, 2.45) is 5.41 Å². The molecule has 120 valence electrons. The molecule has 2 unspecified atom stereocenters. The lowest BCUT2D eigenvalue weighted by atomic mass is 9.83. The minimum absolute atomic E-state index is 0.148. The number of aryl methyl sites for hydroxylation is 1. The zero-order valence-electron chi connectivity index (χ0n) is 13.4. The van der Waals surface area contributed by atoms with Gasteiger partial charge in [0, 0.05) is 19.6 Å². The molecule has 2 aliphatic rings. The van der Waals surface area contributed by atoms with Gasteiger partial charge in [0.05, 0.1) is 13.2 Å². The Morgan fingerprint density at radius 2 is 2.23 bits per heavy atom. The van der Waals surface area contributed by atoms with E-state index in [-0.39, 0.29) is 17.4 Å². The van der Waals surface area contributed by atoms with Crippen molar-refractivity contribution in [3.63, 3.8) is 0 Å². The van der Waals surface area contributed by atoms with Gasteiger partial charge in [-0.3, -0.25) is 4.79 Å². The third-order valence-electron chi connectivity index (χ3n) is 4.95. The molecule has 0 bridgehead atoms. The molecule has 2 atom stereocenters. The van der Waals surface area contributed by atoms with Crippen molar-refractivity contribution in [1.82, 2.24) is 10.2 Å². The first-order valence-corrected chi connectivity index (χ1v) is 8.30. The normalized spacial score (nSPS) is 28.8. The van der Waals surface area contributed by atoms with Gasteiger partial charge in [0.15, 0.2) is 0 Å². The highest BCUT2D eigenvalue weighted by Gasteiger charge is 2.38. The Labute approximate surface area is 132 Å². The third kappa shape index (κ3) is 3.68. The molecule has 22 heavy (non-hydrogen) atoms. The van der Waals surface area contributed by atoms with E-state index in [0.717, 1.165) is 38.9 Å². The van der Waals surface area contributed by atoms with Crippen molar-refractivity contribution < 1.29 is 9.53 Å². The van der Waals surface area contributed by atoms with Crippen molar-refractivity contribution in [2.75, 3.05) is 32.8 Å². The molecule has 2 aliphatic heterocycles. The molecule has 0 saturated carbocycles. The van der Waals surface area contributed by atoms with Crippen LogP contribution in [0.3, 0.4) is 0 Å². The third-order valence-corrected chi connectivity index (χ3v) is 4.95. The number of hydrogen-bond donors (Lipinski definition) is 1. The van der Waals surface area contributed by atoms with Crippen LogP contribution < -0.4 is 5.32 Å². The summed E-state index contributed by atoms with van der Waals surface area (Å²) in [6, 6.07) is 10.5. The first kappa shape index (κ1) is 15.5. The topological polar surface area (TPSA) is 41.6 Å². The molecule has 4 heteroatoms. The van der Waals surface area contributed by atoms with Gasteiger partial charge < -0.3 is 15.0 Å². The Kier molecular flexibility index (Phi) is 4.79. The van der Waals surface area contributed by atoms with Gasteiger partial charge >= 0.3 is 0 Å². The van der Waals surface area contributed by atoms with Gasteiger partial charge in [0.1, 0.15) is 6.04 Å². The number of rotatable bonds is 4.